The molecule has 2 N–H and O–H groups in total. The Morgan fingerprint density at radius 2 is 1.37 bits per heavy atom. The van der Waals surface area contributed by atoms with E-state index < -0.39 is 0 Å². The number of amides is 2. The Bertz CT molecular complexity index is 939. The zero-order valence-electron chi connectivity index (χ0n) is 14.9. The SMILES string of the molecule is Cc1ccccc1OCC(=O)Nc1ccccc1NC(=O)c1ccccc1. The van der Waals surface area contributed by atoms with Crippen molar-refractivity contribution in [2.45, 2.75) is 6.92 Å². The summed E-state index contributed by atoms with van der Waals surface area (Å²) in [5.41, 5.74) is 2.54. The predicted molar refractivity (Wildman–Crippen MR) is 106 cm³/mol. The van der Waals surface area contributed by atoms with Crippen molar-refractivity contribution in [2.24, 2.45) is 0 Å². The molecule has 136 valence electrons. The maximum absolute atomic E-state index is 12.4. The van der Waals surface area contributed by atoms with E-state index in [0.717, 1.165) is 5.56 Å². The highest BCUT2D eigenvalue weighted by molar-refractivity contribution is 6.07. The molecule has 3 rings (SSSR count). The lowest BCUT2D eigenvalue weighted by Crippen LogP contribution is -2.22. The zero-order chi connectivity index (χ0) is 19.1. The summed E-state index contributed by atoms with van der Waals surface area (Å²) in [5, 5.41) is 5.60. The van der Waals surface area contributed by atoms with Crippen LogP contribution >= 0.6 is 0 Å². The van der Waals surface area contributed by atoms with Crippen LogP contribution in [0.2, 0.25) is 0 Å². The van der Waals surface area contributed by atoms with Crippen LogP contribution in [0.3, 0.4) is 0 Å². The number of carbonyl (C=O) groups excluding carboxylic acids is 2. The van der Waals surface area contributed by atoms with Gasteiger partial charge in [0, 0.05) is 5.56 Å². The largest absolute Gasteiger partial charge is 0.483 e. The van der Waals surface area contributed by atoms with E-state index in [-0.39, 0.29) is 18.4 Å². The molecule has 0 saturated heterocycles. The van der Waals surface area contributed by atoms with Gasteiger partial charge in [0.25, 0.3) is 11.8 Å². The molecular weight excluding hydrogens is 340 g/mol. The van der Waals surface area contributed by atoms with Crippen LogP contribution in [0.4, 0.5) is 11.4 Å². The molecule has 0 aliphatic rings. The van der Waals surface area contributed by atoms with Gasteiger partial charge in [-0.25, -0.2) is 0 Å². The third-order valence-corrected chi connectivity index (χ3v) is 3.94. The fraction of sp³-hybridized carbons (Fsp3) is 0.0909. The monoisotopic (exact) mass is 360 g/mol. The summed E-state index contributed by atoms with van der Waals surface area (Å²) >= 11 is 0. The minimum atomic E-state index is -0.306. The second-order valence-electron chi connectivity index (χ2n) is 5.97. The molecule has 3 aromatic carbocycles. The lowest BCUT2D eigenvalue weighted by molar-refractivity contribution is -0.118. The summed E-state index contributed by atoms with van der Waals surface area (Å²) in [4.78, 5) is 24.6. The first-order valence-electron chi connectivity index (χ1n) is 8.57. The second kappa shape index (κ2) is 8.67. The van der Waals surface area contributed by atoms with Crippen molar-refractivity contribution in [2.75, 3.05) is 17.2 Å². The molecule has 0 unspecified atom stereocenters. The zero-order valence-corrected chi connectivity index (χ0v) is 14.9. The van der Waals surface area contributed by atoms with Crippen LogP contribution in [0.15, 0.2) is 78.9 Å². The van der Waals surface area contributed by atoms with Gasteiger partial charge in [0.15, 0.2) is 6.61 Å². The summed E-state index contributed by atoms with van der Waals surface area (Å²) in [5.74, 6) is 0.117. The molecule has 27 heavy (non-hydrogen) atoms. The maximum Gasteiger partial charge on any atom is 0.262 e. The average molecular weight is 360 g/mol. The van der Waals surface area contributed by atoms with Gasteiger partial charge in [-0.3, -0.25) is 9.59 Å². The molecule has 5 heteroatoms. The molecule has 5 nitrogen and oxygen atoms in total. The Hall–Kier alpha value is -3.60. The molecule has 0 fully saturated rings. The quantitative estimate of drug-likeness (QED) is 0.690. The first-order chi connectivity index (χ1) is 13.1. The van der Waals surface area contributed by atoms with Crippen LogP contribution in [-0.2, 0) is 4.79 Å². The van der Waals surface area contributed by atoms with Gasteiger partial charge in [-0.05, 0) is 42.8 Å². The standard InChI is InChI=1S/C22H20N2O3/c1-16-9-5-8-14-20(16)27-15-21(25)23-18-12-6-7-13-19(18)24-22(26)17-10-3-2-4-11-17/h2-14H,15H2,1H3,(H,23,25)(H,24,26). The minimum Gasteiger partial charge on any atom is -0.483 e. The van der Waals surface area contributed by atoms with Crippen LogP contribution in [0, 0.1) is 6.92 Å². The summed E-state index contributed by atoms with van der Waals surface area (Å²) < 4.78 is 5.56. The normalized spacial score (nSPS) is 10.1. The second-order valence-corrected chi connectivity index (χ2v) is 5.97. The van der Waals surface area contributed by atoms with Gasteiger partial charge in [-0.2, -0.15) is 0 Å². The Balaban J connectivity index is 1.64. The van der Waals surface area contributed by atoms with Crippen molar-refractivity contribution in [1.29, 1.82) is 0 Å². The Morgan fingerprint density at radius 1 is 0.778 bits per heavy atom. The van der Waals surface area contributed by atoms with Crippen molar-refractivity contribution in [3.8, 4) is 5.75 Å². The highest BCUT2D eigenvalue weighted by Gasteiger charge is 2.11. The van der Waals surface area contributed by atoms with Crippen LogP contribution in [0.25, 0.3) is 0 Å². The molecule has 0 radical (unpaired) electrons. The van der Waals surface area contributed by atoms with E-state index in [9.17, 15) is 9.59 Å². The highest BCUT2D eigenvalue weighted by atomic mass is 16.5. The lowest BCUT2D eigenvalue weighted by Gasteiger charge is -2.13. The number of aryl methyl sites for hydroxylation is 1. The number of nitrogens with one attached hydrogen (secondary N) is 2. The van der Waals surface area contributed by atoms with E-state index >= 15 is 0 Å². The van der Waals surface area contributed by atoms with Gasteiger partial charge in [0.2, 0.25) is 0 Å². The summed E-state index contributed by atoms with van der Waals surface area (Å²) in [7, 11) is 0. The molecule has 2 amide bonds. The lowest BCUT2D eigenvalue weighted by atomic mass is 10.2. The number of ether oxygens (including phenoxy) is 1. The van der Waals surface area contributed by atoms with E-state index in [1.807, 2.05) is 37.3 Å². The number of hydrogen-bond donors (Lipinski definition) is 2. The fourth-order valence-electron chi connectivity index (χ4n) is 2.53. The Morgan fingerprint density at radius 3 is 2.07 bits per heavy atom. The van der Waals surface area contributed by atoms with Crippen LogP contribution in [-0.4, -0.2) is 18.4 Å². The molecule has 0 aliphatic carbocycles. The molecule has 0 saturated carbocycles. The van der Waals surface area contributed by atoms with Crippen molar-refractivity contribution in [3.63, 3.8) is 0 Å². The minimum absolute atomic E-state index is 0.119. The average Bonchev–Trinajstić information content (AvgIpc) is 2.69. The van der Waals surface area contributed by atoms with E-state index in [1.54, 1.807) is 48.5 Å². The van der Waals surface area contributed by atoms with Crippen molar-refractivity contribution >= 4 is 23.2 Å². The Kier molecular flexibility index (Phi) is 5.84. The molecule has 0 bridgehead atoms. The molecule has 0 atom stereocenters. The van der Waals surface area contributed by atoms with E-state index in [1.165, 1.54) is 0 Å². The predicted octanol–water partition coefficient (Wildman–Crippen LogP) is 4.26. The number of para-hydroxylation sites is 3. The fourth-order valence-corrected chi connectivity index (χ4v) is 2.53. The molecular formula is C22H20N2O3. The van der Waals surface area contributed by atoms with Crippen LogP contribution in [0.1, 0.15) is 15.9 Å². The first kappa shape index (κ1) is 18.2. The van der Waals surface area contributed by atoms with Gasteiger partial charge < -0.3 is 15.4 Å². The van der Waals surface area contributed by atoms with E-state index in [4.69, 9.17) is 4.74 Å². The number of rotatable bonds is 6. The smallest absolute Gasteiger partial charge is 0.262 e. The van der Waals surface area contributed by atoms with E-state index in [0.29, 0.717) is 22.7 Å². The molecule has 3 aromatic rings. The van der Waals surface area contributed by atoms with Gasteiger partial charge >= 0.3 is 0 Å². The van der Waals surface area contributed by atoms with Crippen molar-refractivity contribution in [1.82, 2.24) is 0 Å². The Labute approximate surface area is 158 Å². The number of hydrogen-bond acceptors (Lipinski definition) is 3. The van der Waals surface area contributed by atoms with Crippen LogP contribution in [0.5, 0.6) is 5.75 Å². The molecule has 0 spiro atoms. The van der Waals surface area contributed by atoms with Gasteiger partial charge in [-0.15, -0.1) is 0 Å². The maximum atomic E-state index is 12.4. The summed E-state index contributed by atoms with van der Waals surface area (Å²) in [6.07, 6.45) is 0. The van der Waals surface area contributed by atoms with E-state index in [2.05, 4.69) is 10.6 Å². The molecule has 0 aliphatic heterocycles. The summed E-state index contributed by atoms with van der Waals surface area (Å²) in [6.45, 7) is 1.80. The number of benzene rings is 3. The van der Waals surface area contributed by atoms with Gasteiger partial charge in [0.05, 0.1) is 11.4 Å². The number of carbonyl (C=O) groups is 2. The molecule has 0 aromatic heterocycles. The van der Waals surface area contributed by atoms with Gasteiger partial charge in [-0.1, -0.05) is 48.5 Å². The highest BCUT2D eigenvalue weighted by Crippen LogP contribution is 2.22. The van der Waals surface area contributed by atoms with Gasteiger partial charge in [0.1, 0.15) is 5.75 Å². The number of anilines is 2. The van der Waals surface area contributed by atoms with Crippen molar-refractivity contribution in [3.05, 3.63) is 90.0 Å². The molecule has 0 heterocycles. The summed E-state index contributed by atoms with van der Waals surface area (Å²) in [6, 6.07) is 23.4. The third kappa shape index (κ3) is 4.95. The topological polar surface area (TPSA) is 67.4 Å². The first-order valence-corrected chi connectivity index (χ1v) is 8.57. The van der Waals surface area contributed by atoms with Crippen molar-refractivity contribution < 1.29 is 14.3 Å². The van der Waals surface area contributed by atoms with Crippen LogP contribution < -0.4 is 15.4 Å². The third-order valence-electron chi connectivity index (χ3n) is 3.94.